The zero-order valence-electron chi connectivity index (χ0n) is 15.9. The van der Waals surface area contributed by atoms with E-state index in [1.165, 1.54) is 30.3 Å². The Morgan fingerprint density at radius 3 is 2.10 bits per heavy atom. The van der Waals surface area contributed by atoms with Crippen molar-refractivity contribution in [2.75, 3.05) is 11.9 Å². The molecule has 1 heterocycles. The molecule has 1 aromatic heterocycles. The van der Waals surface area contributed by atoms with Gasteiger partial charge in [-0.05, 0) is 48.0 Å². The van der Waals surface area contributed by atoms with Gasteiger partial charge in [0.2, 0.25) is 11.8 Å². The minimum absolute atomic E-state index is 0.0181. The SMILES string of the molecule is NC(=O)c1cc(NC(=O)COC(=O)c2ccc(-c3ccc(F)cc3)s2)cc(C(N)=O)c1. The molecule has 0 aliphatic heterocycles. The summed E-state index contributed by atoms with van der Waals surface area (Å²) >= 11 is 1.13. The second kappa shape index (κ2) is 9.18. The highest BCUT2D eigenvalue weighted by atomic mass is 32.1. The summed E-state index contributed by atoms with van der Waals surface area (Å²) in [6, 6.07) is 12.8. The Bertz CT molecular complexity index is 1140. The molecule has 2 aromatic carbocycles. The van der Waals surface area contributed by atoms with Crippen LogP contribution >= 0.6 is 11.3 Å². The average molecular weight is 441 g/mol. The zero-order valence-corrected chi connectivity index (χ0v) is 16.7. The van der Waals surface area contributed by atoms with Gasteiger partial charge in [0.15, 0.2) is 6.61 Å². The zero-order chi connectivity index (χ0) is 22.5. The van der Waals surface area contributed by atoms with E-state index >= 15 is 0 Å². The highest BCUT2D eigenvalue weighted by Gasteiger charge is 2.15. The summed E-state index contributed by atoms with van der Waals surface area (Å²) in [7, 11) is 0. The Balaban J connectivity index is 1.62. The predicted molar refractivity (Wildman–Crippen MR) is 112 cm³/mol. The molecule has 10 heteroatoms. The van der Waals surface area contributed by atoms with Crippen molar-refractivity contribution in [2.45, 2.75) is 0 Å². The number of benzene rings is 2. The number of ether oxygens (including phenoxy) is 1. The first-order valence-electron chi connectivity index (χ1n) is 8.80. The molecule has 8 nitrogen and oxygen atoms in total. The van der Waals surface area contributed by atoms with Crippen LogP contribution in [0.1, 0.15) is 30.4 Å². The first kappa shape index (κ1) is 21.7. The van der Waals surface area contributed by atoms with Crippen molar-refractivity contribution >= 4 is 40.7 Å². The summed E-state index contributed by atoms with van der Waals surface area (Å²) in [5.41, 5.74) is 11.2. The molecule has 0 saturated heterocycles. The van der Waals surface area contributed by atoms with Crippen LogP contribution in [0.5, 0.6) is 0 Å². The van der Waals surface area contributed by atoms with Gasteiger partial charge in [-0.15, -0.1) is 11.3 Å². The Hall–Kier alpha value is -4.05. The standard InChI is InChI=1S/C21H16FN3O5S/c22-14-3-1-11(2-4-14)16-5-6-17(31-16)21(29)30-10-18(26)25-15-8-12(19(23)27)7-13(9-15)20(24)28/h1-9H,10H2,(H2,23,27)(H2,24,28)(H,25,26). The molecule has 3 aromatic rings. The fraction of sp³-hybridized carbons (Fsp3) is 0.0476. The monoisotopic (exact) mass is 441 g/mol. The smallest absolute Gasteiger partial charge is 0.348 e. The molecule has 0 atom stereocenters. The highest BCUT2D eigenvalue weighted by molar-refractivity contribution is 7.17. The first-order valence-corrected chi connectivity index (χ1v) is 9.62. The molecule has 0 saturated carbocycles. The minimum atomic E-state index is -0.806. The Labute approximate surface area is 179 Å². The number of anilines is 1. The molecule has 5 N–H and O–H groups in total. The largest absolute Gasteiger partial charge is 0.451 e. The normalized spacial score (nSPS) is 10.4. The van der Waals surface area contributed by atoms with Crippen molar-refractivity contribution < 1.29 is 28.3 Å². The van der Waals surface area contributed by atoms with Crippen molar-refractivity contribution in [1.29, 1.82) is 0 Å². The number of carbonyl (C=O) groups is 4. The van der Waals surface area contributed by atoms with Crippen LogP contribution in [0.2, 0.25) is 0 Å². The lowest BCUT2D eigenvalue weighted by Gasteiger charge is -2.09. The van der Waals surface area contributed by atoms with Crippen LogP contribution in [0.15, 0.2) is 54.6 Å². The van der Waals surface area contributed by atoms with E-state index in [9.17, 15) is 23.6 Å². The number of nitrogens with one attached hydrogen (secondary N) is 1. The van der Waals surface area contributed by atoms with Crippen molar-refractivity contribution in [3.63, 3.8) is 0 Å². The van der Waals surface area contributed by atoms with Gasteiger partial charge in [-0.1, -0.05) is 12.1 Å². The van der Waals surface area contributed by atoms with Crippen LogP contribution in [-0.2, 0) is 9.53 Å². The topological polar surface area (TPSA) is 142 Å². The van der Waals surface area contributed by atoms with E-state index in [1.54, 1.807) is 24.3 Å². The number of hydrogen-bond acceptors (Lipinski definition) is 6. The summed E-state index contributed by atoms with van der Waals surface area (Å²) in [6.45, 7) is -0.602. The summed E-state index contributed by atoms with van der Waals surface area (Å²) in [5, 5.41) is 2.41. The fourth-order valence-electron chi connectivity index (χ4n) is 2.60. The minimum Gasteiger partial charge on any atom is -0.451 e. The van der Waals surface area contributed by atoms with Gasteiger partial charge in [-0.25, -0.2) is 9.18 Å². The molecule has 0 unspecified atom stereocenters. The Kier molecular flexibility index (Phi) is 6.41. The number of primary amides is 2. The second-order valence-corrected chi connectivity index (χ2v) is 7.41. The summed E-state index contributed by atoms with van der Waals surface area (Å²) in [4.78, 5) is 48.1. The number of halogens is 1. The van der Waals surface area contributed by atoms with Crippen LogP contribution in [0.3, 0.4) is 0 Å². The number of rotatable bonds is 7. The van der Waals surface area contributed by atoms with Gasteiger partial charge in [0.05, 0.1) is 0 Å². The number of nitrogens with two attached hydrogens (primary N) is 2. The maximum atomic E-state index is 13.0. The molecular weight excluding hydrogens is 425 g/mol. The molecule has 0 aliphatic rings. The van der Waals surface area contributed by atoms with Crippen molar-refractivity contribution in [2.24, 2.45) is 11.5 Å². The maximum Gasteiger partial charge on any atom is 0.348 e. The summed E-state index contributed by atoms with van der Waals surface area (Å²) in [5.74, 6) is -3.38. The molecular formula is C21H16FN3O5S. The number of hydrogen-bond donors (Lipinski definition) is 3. The van der Waals surface area contributed by atoms with E-state index in [2.05, 4.69) is 5.32 Å². The third-order valence-electron chi connectivity index (χ3n) is 4.06. The van der Waals surface area contributed by atoms with E-state index in [-0.39, 0.29) is 27.5 Å². The third kappa shape index (κ3) is 5.52. The second-order valence-electron chi connectivity index (χ2n) is 6.32. The van der Waals surface area contributed by atoms with Crippen LogP contribution in [-0.4, -0.2) is 30.3 Å². The third-order valence-corrected chi connectivity index (χ3v) is 5.17. The van der Waals surface area contributed by atoms with Crippen LogP contribution in [0, 0.1) is 5.82 Å². The molecule has 158 valence electrons. The molecule has 0 radical (unpaired) electrons. The van der Waals surface area contributed by atoms with Crippen molar-refractivity contribution in [3.05, 3.63) is 76.4 Å². The van der Waals surface area contributed by atoms with E-state index < -0.39 is 30.3 Å². The van der Waals surface area contributed by atoms with Crippen molar-refractivity contribution in [1.82, 2.24) is 0 Å². The van der Waals surface area contributed by atoms with Gasteiger partial charge in [-0.2, -0.15) is 0 Å². The predicted octanol–water partition coefficient (Wildman–Crippen LogP) is 2.55. The quantitative estimate of drug-likeness (QED) is 0.483. The number of carbonyl (C=O) groups excluding carboxylic acids is 4. The molecule has 0 bridgehead atoms. The average Bonchev–Trinajstić information content (AvgIpc) is 3.22. The van der Waals surface area contributed by atoms with E-state index in [0.29, 0.717) is 0 Å². The molecule has 3 rings (SSSR count). The highest BCUT2D eigenvalue weighted by Crippen LogP contribution is 2.28. The number of esters is 1. The molecule has 3 amide bonds. The lowest BCUT2D eigenvalue weighted by atomic mass is 10.1. The van der Waals surface area contributed by atoms with E-state index in [0.717, 1.165) is 21.8 Å². The summed E-state index contributed by atoms with van der Waals surface area (Å²) < 4.78 is 18.0. The van der Waals surface area contributed by atoms with E-state index in [4.69, 9.17) is 16.2 Å². The molecule has 0 spiro atoms. The van der Waals surface area contributed by atoms with Gasteiger partial charge < -0.3 is 21.5 Å². The van der Waals surface area contributed by atoms with Gasteiger partial charge in [0.25, 0.3) is 5.91 Å². The van der Waals surface area contributed by atoms with Gasteiger partial charge in [0.1, 0.15) is 10.7 Å². The summed E-state index contributed by atoms with van der Waals surface area (Å²) in [6.07, 6.45) is 0. The van der Waals surface area contributed by atoms with Crippen LogP contribution in [0.25, 0.3) is 10.4 Å². The van der Waals surface area contributed by atoms with Gasteiger partial charge in [-0.3, -0.25) is 14.4 Å². The molecule has 31 heavy (non-hydrogen) atoms. The van der Waals surface area contributed by atoms with Crippen LogP contribution < -0.4 is 16.8 Å². The Morgan fingerprint density at radius 2 is 1.52 bits per heavy atom. The number of thiophene rings is 1. The van der Waals surface area contributed by atoms with E-state index in [1.807, 2.05) is 0 Å². The van der Waals surface area contributed by atoms with Gasteiger partial charge in [0, 0.05) is 21.7 Å². The molecule has 0 aliphatic carbocycles. The molecule has 0 fully saturated rings. The first-order chi connectivity index (χ1) is 14.7. The van der Waals surface area contributed by atoms with Crippen LogP contribution in [0.4, 0.5) is 10.1 Å². The van der Waals surface area contributed by atoms with Crippen molar-refractivity contribution in [3.8, 4) is 10.4 Å². The fourth-order valence-corrected chi connectivity index (χ4v) is 3.51. The maximum absolute atomic E-state index is 13.0. The number of amides is 3. The van der Waals surface area contributed by atoms with Gasteiger partial charge >= 0.3 is 5.97 Å². The lowest BCUT2D eigenvalue weighted by molar-refractivity contribution is -0.119. The lowest BCUT2D eigenvalue weighted by Crippen LogP contribution is -2.22. The Morgan fingerprint density at radius 1 is 0.903 bits per heavy atom.